The zero-order valence-corrected chi connectivity index (χ0v) is 13.3. The zero-order valence-electron chi connectivity index (χ0n) is 13.3. The Morgan fingerprint density at radius 2 is 2.17 bits per heavy atom. The standard InChI is InChI=1S/C16H18FN3O4/c1-3-13(16(22)23-2)18-15(21)14-8-11(19-20-14)9-24-12-6-4-5-10(17)7-12/h4-8,13H,3,9H2,1-2H3,(H,18,21)(H,19,20)/t13-/m1/s1. The second kappa shape index (κ2) is 8.09. The number of nitrogens with one attached hydrogen (secondary N) is 2. The van der Waals surface area contributed by atoms with Crippen LogP contribution in [-0.4, -0.2) is 35.2 Å². The first-order chi connectivity index (χ1) is 11.5. The third-order valence-corrected chi connectivity index (χ3v) is 3.25. The number of methoxy groups -OCH3 is 1. The second-order valence-electron chi connectivity index (χ2n) is 4.98. The van der Waals surface area contributed by atoms with Crippen molar-refractivity contribution in [2.24, 2.45) is 0 Å². The lowest BCUT2D eigenvalue weighted by molar-refractivity contribution is -0.142. The minimum absolute atomic E-state index is 0.0952. The number of nitrogens with zero attached hydrogens (tertiary/aromatic N) is 1. The van der Waals surface area contributed by atoms with E-state index < -0.39 is 23.7 Å². The number of aromatic nitrogens is 2. The van der Waals surface area contributed by atoms with Crippen LogP contribution in [0.4, 0.5) is 4.39 Å². The maximum absolute atomic E-state index is 13.1. The lowest BCUT2D eigenvalue weighted by Gasteiger charge is -2.13. The highest BCUT2D eigenvalue weighted by Crippen LogP contribution is 2.14. The molecule has 2 rings (SSSR count). The minimum atomic E-state index is -0.730. The number of halogens is 1. The van der Waals surface area contributed by atoms with Gasteiger partial charge in [0.05, 0.1) is 12.8 Å². The molecule has 128 valence electrons. The lowest BCUT2D eigenvalue weighted by atomic mass is 10.2. The molecule has 0 spiro atoms. The molecule has 0 saturated carbocycles. The maximum atomic E-state index is 13.1. The van der Waals surface area contributed by atoms with Gasteiger partial charge in [0.2, 0.25) is 0 Å². The van der Waals surface area contributed by atoms with E-state index >= 15 is 0 Å². The summed E-state index contributed by atoms with van der Waals surface area (Å²) in [5, 5.41) is 9.08. The number of amides is 1. The number of carbonyl (C=O) groups excluding carboxylic acids is 2. The quantitative estimate of drug-likeness (QED) is 0.753. The Bertz CT molecular complexity index is 717. The monoisotopic (exact) mass is 335 g/mol. The smallest absolute Gasteiger partial charge is 0.328 e. The Balaban J connectivity index is 1.94. The number of esters is 1. The van der Waals surface area contributed by atoms with Gasteiger partial charge >= 0.3 is 5.97 Å². The number of aromatic amines is 1. The molecule has 1 atom stereocenters. The fourth-order valence-electron chi connectivity index (χ4n) is 1.97. The minimum Gasteiger partial charge on any atom is -0.487 e. The second-order valence-corrected chi connectivity index (χ2v) is 4.98. The Morgan fingerprint density at radius 3 is 2.83 bits per heavy atom. The Labute approximate surface area is 138 Å². The molecule has 0 aliphatic rings. The molecule has 2 N–H and O–H groups in total. The maximum Gasteiger partial charge on any atom is 0.328 e. The van der Waals surface area contributed by atoms with Crippen LogP contribution in [-0.2, 0) is 16.1 Å². The van der Waals surface area contributed by atoms with Gasteiger partial charge in [0.25, 0.3) is 5.91 Å². The molecule has 0 aliphatic carbocycles. The van der Waals surface area contributed by atoms with Crippen molar-refractivity contribution in [1.82, 2.24) is 15.5 Å². The largest absolute Gasteiger partial charge is 0.487 e. The van der Waals surface area contributed by atoms with Crippen molar-refractivity contribution >= 4 is 11.9 Å². The van der Waals surface area contributed by atoms with E-state index in [1.54, 1.807) is 13.0 Å². The number of rotatable bonds is 7. The number of benzene rings is 1. The normalized spacial score (nSPS) is 11.6. The Kier molecular flexibility index (Phi) is 5.89. The van der Waals surface area contributed by atoms with Gasteiger partial charge in [-0.3, -0.25) is 9.89 Å². The molecule has 0 radical (unpaired) electrons. The van der Waals surface area contributed by atoms with Crippen LogP contribution in [0.1, 0.15) is 29.5 Å². The SMILES string of the molecule is CC[C@@H](NC(=O)c1cc(COc2cccc(F)c2)[nH]n1)C(=O)OC. The average molecular weight is 335 g/mol. The molecule has 0 saturated heterocycles. The van der Waals surface area contributed by atoms with Crippen LogP contribution in [0.2, 0.25) is 0 Å². The number of H-pyrrole nitrogens is 1. The van der Waals surface area contributed by atoms with Crippen molar-refractivity contribution in [3.05, 3.63) is 47.5 Å². The average Bonchev–Trinajstić information content (AvgIpc) is 3.06. The number of ether oxygens (including phenoxy) is 2. The molecule has 0 fully saturated rings. The van der Waals surface area contributed by atoms with E-state index in [0.29, 0.717) is 17.9 Å². The summed E-state index contributed by atoms with van der Waals surface area (Å²) >= 11 is 0. The highest BCUT2D eigenvalue weighted by molar-refractivity contribution is 5.95. The van der Waals surface area contributed by atoms with E-state index in [9.17, 15) is 14.0 Å². The third kappa shape index (κ3) is 4.55. The number of carbonyl (C=O) groups is 2. The molecule has 0 bridgehead atoms. The fraction of sp³-hybridized carbons (Fsp3) is 0.312. The van der Waals surface area contributed by atoms with Crippen LogP contribution in [0.3, 0.4) is 0 Å². The van der Waals surface area contributed by atoms with Crippen LogP contribution in [0.15, 0.2) is 30.3 Å². The molecule has 7 nitrogen and oxygen atoms in total. The molecule has 24 heavy (non-hydrogen) atoms. The van der Waals surface area contributed by atoms with Gasteiger partial charge in [-0.2, -0.15) is 5.10 Å². The first kappa shape index (κ1) is 17.5. The summed E-state index contributed by atoms with van der Waals surface area (Å²) in [4.78, 5) is 23.6. The summed E-state index contributed by atoms with van der Waals surface area (Å²) in [6.45, 7) is 1.85. The van der Waals surface area contributed by atoms with E-state index in [2.05, 4.69) is 20.3 Å². The molecule has 8 heteroatoms. The van der Waals surface area contributed by atoms with Crippen LogP contribution < -0.4 is 10.1 Å². The summed E-state index contributed by atoms with van der Waals surface area (Å²) in [5.41, 5.74) is 0.658. The van der Waals surface area contributed by atoms with Crippen LogP contribution in [0.25, 0.3) is 0 Å². The van der Waals surface area contributed by atoms with Crippen LogP contribution in [0.5, 0.6) is 5.75 Å². The molecule has 1 aromatic heterocycles. The van der Waals surface area contributed by atoms with E-state index in [0.717, 1.165) is 0 Å². The first-order valence-corrected chi connectivity index (χ1v) is 7.34. The van der Waals surface area contributed by atoms with Gasteiger partial charge in [0.1, 0.15) is 29.9 Å². The summed E-state index contributed by atoms with van der Waals surface area (Å²) in [6.07, 6.45) is 0.401. The lowest BCUT2D eigenvalue weighted by Crippen LogP contribution is -2.41. The molecule has 0 unspecified atom stereocenters. The topological polar surface area (TPSA) is 93.3 Å². The van der Waals surface area contributed by atoms with Gasteiger partial charge in [-0.05, 0) is 24.6 Å². The van der Waals surface area contributed by atoms with Crippen molar-refractivity contribution < 1.29 is 23.5 Å². The van der Waals surface area contributed by atoms with Crippen molar-refractivity contribution in [2.75, 3.05) is 7.11 Å². The van der Waals surface area contributed by atoms with E-state index in [1.807, 2.05) is 0 Å². The van der Waals surface area contributed by atoms with Crippen LogP contribution in [0, 0.1) is 5.82 Å². The van der Waals surface area contributed by atoms with Gasteiger partial charge in [0, 0.05) is 6.07 Å². The van der Waals surface area contributed by atoms with Gasteiger partial charge in [0.15, 0.2) is 0 Å². The molecular formula is C16H18FN3O4. The fourth-order valence-corrected chi connectivity index (χ4v) is 1.97. The predicted octanol–water partition coefficient (Wildman–Crippen LogP) is 1.81. The van der Waals surface area contributed by atoms with Crippen molar-refractivity contribution in [1.29, 1.82) is 0 Å². The highest BCUT2D eigenvalue weighted by Gasteiger charge is 2.21. The van der Waals surface area contributed by atoms with Gasteiger partial charge < -0.3 is 14.8 Å². The first-order valence-electron chi connectivity index (χ1n) is 7.34. The molecular weight excluding hydrogens is 317 g/mol. The van der Waals surface area contributed by atoms with E-state index in [4.69, 9.17) is 4.74 Å². The highest BCUT2D eigenvalue weighted by atomic mass is 19.1. The molecule has 2 aromatic rings. The van der Waals surface area contributed by atoms with Crippen LogP contribution >= 0.6 is 0 Å². The Hall–Kier alpha value is -2.90. The number of hydrogen-bond acceptors (Lipinski definition) is 5. The van der Waals surface area contributed by atoms with Gasteiger partial charge in [-0.15, -0.1) is 0 Å². The predicted molar refractivity (Wildman–Crippen MR) is 82.9 cm³/mol. The molecule has 1 aromatic carbocycles. The van der Waals surface area contributed by atoms with Crippen molar-refractivity contribution in [3.8, 4) is 5.75 Å². The summed E-state index contributed by atoms with van der Waals surface area (Å²) in [5.74, 6) is -1.05. The van der Waals surface area contributed by atoms with Gasteiger partial charge in [-0.1, -0.05) is 13.0 Å². The third-order valence-electron chi connectivity index (χ3n) is 3.25. The van der Waals surface area contributed by atoms with E-state index in [1.165, 1.54) is 31.4 Å². The molecule has 1 heterocycles. The summed E-state index contributed by atoms with van der Waals surface area (Å²) in [7, 11) is 1.26. The number of hydrogen-bond donors (Lipinski definition) is 2. The Morgan fingerprint density at radius 1 is 1.38 bits per heavy atom. The summed E-state index contributed by atoms with van der Waals surface area (Å²) in [6, 6.07) is 6.50. The van der Waals surface area contributed by atoms with Crippen molar-refractivity contribution in [2.45, 2.75) is 26.0 Å². The van der Waals surface area contributed by atoms with Gasteiger partial charge in [-0.25, -0.2) is 9.18 Å². The van der Waals surface area contributed by atoms with E-state index in [-0.39, 0.29) is 12.3 Å². The molecule has 0 aliphatic heterocycles. The zero-order chi connectivity index (χ0) is 17.5. The summed E-state index contributed by atoms with van der Waals surface area (Å²) < 4.78 is 23.1. The molecule has 1 amide bonds. The van der Waals surface area contributed by atoms with Crippen molar-refractivity contribution in [3.63, 3.8) is 0 Å².